The van der Waals surface area contributed by atoms with Crippen LogP contribution in [-0.4, -0.2) is 53.8 Å². The van der Waals surface area contributed by atoms with Gasteiger partial charge in [-0.2, -0.15) is 13.2 Å². The lowest BCUT2D eigenvalue weighted by Gasteiger charge is -2.25. The number of hydrogen-bond acceptors (Lipinski definition) is 4. The van der Waals surface area contributed by atoms with Crippen molar-refractivity contribution in [1.29, 1.82) is 0 Å². The fourth-order valence-electron chi connectivity index (χ4n) is 2.94. The van der Waals surface area contributed by atoms with Gasteiger partial charge in [0.05, 0.1) is 6.54 Å². The molecule has 22 heavy (non-hydrogen) atoms. The van der Waals surface area contributed by atoms with Crippen molar-refractivity contribution in [2.45, 2.75) is 33.4 Å². The van der Waals surface area contributed by atoms with Crippen LogP contribution in [0.2, 0.25) is 0 Å². The highest BCUT2D eigenvalue weighted by atomic mass is 19.4. The lowest BCUT2D eigenvalue weighted by atomic mass is 10.1. The second-order valence-corrected chi connectivity index (χ2v) is 5.99. The Balaban J connectivity index is 1.94. The van der Waals surface area contributed by atoms with Gasteiger partial charge in [0.1, 0.15) is 0 Å². The number of halogens is 3. The van der Waals surface area contributed by atoms with Crippen molar-refractivity contribution in [2.75, 3.05) is 37.6 Å². The summed E-state index contributed by atoms with van der Waals surface area (Å²) < 4.78 is 37.6. The van der Waals surface area contributed by atoms with E-state index in [0.29, 0.717) is 19.0 Å². The molecule has 0 saturated carbocycles. The van der Waals surface area contributed by atoms with Crippen LogP contribution in [0.15, 0.2) is 6.07 Å². The third-order valence-corrected chi connectivity index (χ3v) is 3.91. The maximum absolute atomic E-state index is 12.5. The summed E-state index contributed by atoms with van der Waals surface area (Å²) in [5, 5.41) is 0. The van der Waals surface area contributed by atoms with Crippen molar-refractivity contribution in [1.82, 2.24) is 14.9 Å². The minimum absolute atomic E-state index is 0.228. The minimum atomic E-state index is -4.13. The molecule has 1 aliphatic heterocycles. The first kappa shape index (κ1) is 17.0. The Labute approximate surface area is 129 Å². The van der Waals surface area contributed by atoms with Gasteiger partial charge in [0.25, 0.3) is 0 Å². The molecule has 2 heterocycles. The second kappa shape index (κ2) is 6.81. The fourth-order valence-corrected chi connectivity index (χ4v) is 2.94. The first-order valence-corrected chi connectivity index (χ1v) is 7.63. The van der Waals surface area contributed by atoms with E-state index in [1.54, 1.807) is 6.92 Å². The van der Waals surface area contributed by atoms with Crippen molar-refractivity contribution in [3.63, 3.8) is 0 Å². The zero-order valence-electron chi connectivity index (χ0n) is 13.3. The first-order valence-electron chi connectivity index (χ1n) is 7.63. The molecule has 7 heteroatoms. The van der Waals surface area contributed by atoms with E-state index in [2.05, 4.69) is 14.9 Å². The molecule has 0 amide bonds. The number of aryl methyl sites for hydroxylation is 2. The van der Waals surface area contributed by atoms with Crippen molar-refractivity contribution in [3.05, 3.63) is 17.5 Å². The van der Waals surface area contributed by atoms with E-state index in [9.17, 15) is 13.2 Å². The quantitative estimate of drug-likeness (QED) is 0.836. The molecule has 1 saturated heterocycles. The smallest absolute Gasteiger partial charge is 0.340 e. The molecule has 2 rings (SSSR count). The van der Waals surface area contributed by atoms with Gasteiger partial charge in [0, 0.05) is 31.0 Å². The van der Waals surface area contributed by atoms with E-state index in [0.717, 1.165) is 30.9 Å². The molecular weight excluding hydrogens is 293 g/mol. The van der Waals surface area contributed by atoms with Gasteiger partial charge in [-0.25, -0.2) is 9.97 Å². The van der Waals surface area contributed by atoms with E-state index in [-0.39, 0.29) is 5.92 Å². The molecule has 124 valence electrons. The fraction of sp³-hybridized carbons (Fsp3) is 0.733. The van der Waals surface area contributed by atoms with Crippen molar-refractivity contribution in [2.24, 2.45) is 5.92 Å². The predicted octanol–water partition coefficient (Wildman–Crippen LogP) is 2.80. The largest absolute Gasteiger partial charge is 0.401 e. The number of aromatic nitrogens is 2. The molecule has 0 bridgehead atoms. The van der Waals surface area contributed by atoms with Gasteiger partial charge in [-0.05, 0) is 38.8 Å². The summed E-state index contributed by atoms with van der Waals surface area (Å²) in [5.74, 6) is 0.922. The average Bonchev–Trinajstić information content (AvgIpc) is 2.83. The molecule has 1 atom stereocenters. The summed E-state index contributed by atoms with van der Waals surface area (Å²) in [4.78, 5) is 12.4. The summed E-state index contributed by atoms with van der Waals surface area (Å²) in [6, 6.07) is 1.92. The topological polar surface area (TPSA) is 32.3 Å². The zero-order chi connectivity index (χ0) is 16.3. The summed E-state index contributed by atoms with van der Waals surface area (Å²) in [5.41, 5.74) is 1.83. The Morgan fingerprint density at radius 3 is 2.45 bits per heavy atom. The van der Waals surface area contributed by atoms with Crippen LogP contribution in [0, 0.1) is 19.8 Å². The Hall–Kier alpha value is -1.37. The summed E-state index contributed by atoms with van der Waals surface area (Å²) >= 11 is 0. The van der Waals surface area contributed by atoms with Crippen LogP contribution in [0.3, 0.4) is 0 Å². The molecule has 1 aliphatic rings. The Morgan fingerprint density at radius 1 is 1.27 bits per heavy atom. The standard InChI is InChI=1S/C15H23F3N4/c1-4-21(10-15(16,17)18)8-13-5-6-22(9-13)14-19-11(2)7-12(3)20-14/h7,13H,4-6,8-10H2,1-3H3/t13-/m1/s1. The molecular formula is C15H23F3N4. The SMILES string of the molecule is CCN(C[C@H]1CCN(c2nc(C)cc(C)n2)C1)CC(F)(F)F. The van der Waals surface area contributed by atoms with Crippen molar-refractivity contribution >= 4 is 5.95 Å². The van der Waals surface area contributed by atoms with E-state index in [1.165, 1.54) is 4.90 Å². The van der Waals surface area contributed by atoms with E-state index in [4.69, 9.17) is 0 Å². The van der Waals surface area contributed by atoms with Crippen LogP contribution in [0.25, 0.3) is 0 Å². The molecule has 1 aromatic rings. The van der Waals surface area contributed by atoms with E-state index >= 15 is 0 Å². The summed E-state index contributed by atoms with van der Waals surface area (Å²) in [6.45, 7) is 7.19. The van der Waals surface area contributed by atoms with Crippen LogP contribution in [0.1, 0.15) is 24.7 Å². The zero-order valence-corrected chi connectivity index (χ0v) is 13.3. The van der Waals surface area contributed by atoms with Gasteiger partial charge in [-0.15, -0.1) is 0 Å². The van der Waals surface area contributed by atoms with Crippen molar-refractivity contribution < 1.29 is 13.2 Å². The van der Waals surface area contributed by atoms with Gasteiger partial charge < -0.3 is 4.90 Å². The number of nitrogens with zero attached hydrogens (tertiary/aromatic N) is 4. The predicted molar refractivity (Wildman–Crippen MR) is 80.0 cm³/mol. The van der Waals surface area contributed by atoms with Crippen molar-refractivity contribution in [3.8, 4) is 0 Å². The van der Waals surface area contributed by atoms with Crippen LogP contribution >= 0.6 is 0 Å². The normalized spacial score (nSPS) is 19.2. The molecule has 1 aromatic heterocycles. The van der Waals surface area contributed by atoms with E-state index in [1.807, 2.05) is 19.9 Å². The minimum Gasteiger partial charge on any atom is -0.340 e. The maximum atomic E-state index is 12.5. The highest BCUT2D eigenvalue weighted by Crippen LogP contribution is 2.24. The van der Waals surface area contributed by atoms with Gasteiger partial charge in [-0.1, -0.05) is 6.92 Å². The summed E-state index contributed by atoms with van der Waals surface area (Å²) in [7, 11) is 0. The van der Waals surface area contributed by atoms with Crippen LogP contribution in [-0.2, 0) is 0 Å². The highest BCUT2D eigenvalue weighted by molar-refractivity contribution is 5.33. The first-order chi connectivity index (χ1) is 10.3. The Kier molecular flexibility index (Phi) is 5.26. The van der Waals surface area contributed by atoms with Crippen LogP contribution < -0.4 is 4.90 Å². The van der Waals surface area contributed by atoms with Crippen LogP contribution in [0.4, 0.5) is 19.1 Å². The van der Waals surface area contributed by atoms with Gasteiger partial charge in [0.2, 0.25) is 5.95 Å². The number of anilines is 1. The molecule has 0 aliphatic carbocycles. The molecule has 0 spiro atoms. The molecule has 0 unspecified atom stereocenters. The van der Waals surface area contributed by atoms with Gasteiger partial charge in [0.15, 0.2) is 0 Å². The average molecular weight is 316 g/mol. The second-order valence-electron chi connectivity index (χ2n) is 5.99. The molecule has 1 fully saturated rings. The lowest BCUT2D eigenvalue weighted by molar-refractivity contribution is -0.146. The Morgan fingerprint density at radius 2 is 1.91 bits per heavy atom. The van der Waals surface area contributed by atoms with Gasteiger partial charge in [-0.3, -0.25) is 4.90 Å². The van der Waals surface area contributed by atoms with E-state index < -0.39 is 12.7 Å². The molecule has 0 radical (unpaired) electrons. The maximum Gasteiger partial charge on any atom is 0.401 e. The summed E-state index contributed by atoms with van der Waals surface area (Å²) in [6.07, 6.45) is -3.25. The number of rotatable bonds is 5. The lowest BCUT2D eigenvalue weighted by Crippen LogP contribution is -2.38. The van der Waals surface area contributed by atoms with Gasteiger partial charge >= 0.3 is 6.18 Å². The number of alkyl halides is 3. The number of hydrogen-bond donors (Lipinski definition) is 0. The molecule has 4 nitrogen and oxygen atoms in total. The third kappa shape index (κ3) is 4.83. The molecule has 0 aromatic carbocycles. The highest BCUT2D eigenvalue weighted by Gasteiger charge is 2.32. The monoisotopic (exact) mass is 316 g/mol. The van der Waals surface area contributed by atoms with Crippen LogP contribution in [0.5, 0.6) is 0 Å². The Bertz CT molecular complexity index is 484. The molecule has 0 N–H and O–H groups in total. The third-order valence-electron chi connectivity index (χ3n) is 3.91.